The van der Waals surface area contributed by atoms with Crippen molar-refractivity contribution >= 4 is 21.4 Å². The Morgan fingerprint density at radius 1 is 1.21 bits per heavy atom. The van der Waals surface area contributed by atoms with Crippen LogP contribution in [-0.4, -0.2) is 43.6 Å². The summed E-state index contributed by atoms with van der Waals surface area (Å²) in [5.41, 5.74) is 3.69. The lowest BCUT2D eigenvalue weighted by Gasteiger charge is -2.12. The molecule has 1 aromatic carbocycles. The number of rotatable bonds is 6. The number of benzene rings is 1. The molecule has 7 nitrogen and oxygen atoms in total. The van der Waals surface area contributed by atoms with E-state index in [2.05, 4.69) is 20.6 Å². The third-order valence-corrected chi connectivity index (χ3v) is 5.67. The van der Waals surface area contributed by atoms with Gasteiger partial charge < -0.3 is 15.0 Å². The van der Waals surface area contributed by atoms with Gasteiger partial charge in [0.2, 0.25) is 0 Å². The van der Waals surface area contributed by atoms with Gasteiger partial charge in [-0.05, 0) is 36.2 Å². The smallest absolute Gasteiger partial charge is 0.191 e. The molecule has 0 aliphatic heterocycles. The molecular weight excluding hydrogens is 374 g/mol. The van der Waals surface area contributed by atoms with Crippen molar-refractivity contribution in [3.63, 3.8) is 0 Å². The average Bonchev–Trinajstić information content (AvgIpc) is 3.06. The summed E-state index contributed by atoms with van der Waals surface area (Å²) in [5, 5.41) is 6.52. The number of aromatic nitrogens is 2. The predicted molar refractivity (Wildman–Crippen MR) is 111 cm³/mol. The van der Waals surface area contributed by atoms with Crippen molar-refractivity contribution in [1.82, 2.24) is 20.0 Å². The molecule has 0 bridgehead atoms. The monoisotopic (exact) mass is 399 g/mol. The maximum Gasteiger partial charge on any atom is 0.191 e. The first-order chi connectivity index (χ1) is 13.4. The Hall–Kier alpha value is -2.87. The highest BCUT2D eigenvalue weighted by atomic mass is 32.2. The zero-order valence-electron chi connectivity index (χ0n) is 16.3. The van der Waals surface area contributed by atoms with E-state index in [0.717, 1.165) is 28.9 Å². The Kier molecular flexibility index (Phi) is 5.99. The fourth-order valence-corrected chi connectivity index (χ4v) is 4.02. The van der Waals surface area contributed by atoms with Crippen LogP contribution in [0.5, 0.6) is 0 Å². The summed E-state index contributed by atoms with van der Waals surface area (Å²) in [6, 6.07) is 11.3. The molecule has 0 radical (unpaired) electrons. The van der Waals surface area contributed by atoms with E-state index in [1.54, 1.807) is 13.1 Å². The van der Waals surface area contributed by atoms with Gasteiger partial charge in [0.15, 0.2) is 15.8 Å². The van der Waals surface area contributed by atoms with Gasteiger partial charge in [0.05, 0.1) is 10.6 Å². The molecular formula is C20H25N5O2S. The summed E-state index contributed by atoms with van der Waals surface area (Å²) in [5.74, 6) is 0.689. The van der Waals surface area contributed by atoms with Crippen LogP contribution in [0.1, 0.15) is 16.8 Å². The number of sulfone groups is 1. The van der Waals surface area contributed by atoms with Gasteiger partial charge >= 0.3 is 0 Å². The van der Waals surface area contributed by atoms with Crippen LogP contribution >= 0.6 is 0 Å². The molecule has 0 aliphatic rings. The molecule has 0 saturated carbocycles. The van der Waals surface area contributed by atoms with E-state index in [9.17, 15) is 8.42 Å². The van der Waals surface area contributed by atoms with Crippen molar-refractivity contribution in [3.05, 3.63) is 65.6 Å². The lowest BCUT2D eigenvalue weighted by Crippen LogP contribution is -2.37. The molecule has 0 fully saturated rings. The van der Waals surface area contributed by atoms with Gasteiger partial charge in [0.1, 0.15) is 5.65 Å². The van der Waals surface area contributed by atoms with E-state index >= 15 is 0 Å². The standard InChI is InChI=1S/C20H25N5O2S/c1-15-12-16(7-8-18(15)28(3,26)27)13-23-20(21-2)22-10-9-17-14-25-11-5-4-6-19(25)24-17/h4-8,11-12,14H,9-10,13H2,1-3H3,(H2,21,22,23). The van der Waals surface area contributed by atoms with Gasteiger partial charge in [-0.1, -0.05) is 18.2 Å². The average molecular weight is 400 g/mol. The number of hydrogen-bond donors (Lipinski definition) is 2. The number of aryl methyl sites for hydroxylation is 1. The molecule has 2 aromatic heterocycles. The van der Waals surface area contributed by atoms with Crippen LogP contribution in [0.3, 0.4) is 0 Å². The van der Waals surface area contributed by atoms with Crippen LogP contribution in [0, 0.1) is 6.92 Å². The summed E-state index contributed by atoms with van der Waals surface area (Å²) in [6.45, 7) is 3.07. The second-order valence-corrected chi connectivity index (χ2v) is 8.66. The fraction of sp³-hybridized carbons (Fsp3) is 0.300. The summed E-state index contributed by atoms with van der Waals surface area (Å²) >= 11 is 0. The van der Waals surface area contributed by atoms with E-state index in [4.69, 9.17) is 0 Å². The first-order valence-corrected chi connectivity index (χ1v) is 10.9. The lowest BCUT2D eigenvalue weighted by atomic mass is 10.1. The highest BCUT2D eigenvalue weighted by Gasteiger charge is 2.11. The predicted octanol–water partition coefficient (Wildman–Crippen LogP) is 1.95. The second-order valence-electron chi connectivity index (χ2n) is 6.67. The number of pyridine rings is 1. The highest BCUT2D eigenvalue weighted by molar-refractivity contribution is 7.90. The van der Waals surface area contributed by atoms with Gasteiger partial charge in [-0.3, -0.25) is 4.99 Å². The van der Waals surface area contributed by atoms with Crippen molar-refractivity contribution in [3.8, 4) is 0 Å². The van der Waals surface area contributed by atoms with Gasteiger partial charge in [-0.2, -0.15) is 0 Å². The molecule has 0 atom stereocenters. The fourth-order valence-electron chi connectivity index (χ4n) is 3.06. The van der Waals surface area contributed by atoms with Crippen LogP contribution in [-0.2, 0) is 22.8 Å². The molecule has 0 unspecified atom stereocenters. The molecule has 2 N–H and O–H groups in total. The van der Waals surface area contributed by atoms with Crippen LogP contribution in [0.2, 0.25) is 0 Å². The quantitative estimate of drug-likeness (QED) is 0.489. The SMILES string of the molecule is CN=C(NCCc1cn2ccccc2n1)NCc1ccc(S(C)(=O)=O)c(C)c1. The van der Waals surface area contributed by atoms with Gasteiger partial charge in [-0.25, -0.2) is 13.4 Å². The zero-order chi connectivity index (χ0) is 20.1. The number of nitrogens with zero attached hydrogens (tertiary/aromatic N) is 3. The normalized spacial score (nSPS) is 12.3. The van der Waals surface area contributed by atoms with Crippen LogP contribution < -0.4 is 10.6 Å². The molecule has 148 valence electrons. The number of imidazole rings is 1. The van der Waals surface area contributed by atoms with Gasteiger partial charge in [0.25, 0.3) is 0 Å². The third-order valence-electron chi connectivity index (χ3n) is 4.41. The summed E-state index contributed by atoms with van der Waals surface area (Å²) < 4.78 is 25.4. The van der Waals surface area contributed by atoms with E-state index in [1.807, 2.05) is 54.0 Å². The second kappa shape index (κ2) is 8.43. The number of nitrogens with one attached hydrogen (secondary N) is 2. The van der Waals surface area contributed by atoms with E-state index in [1.165, 1.54) is 6.26 Å². The van der Waals surface area contributed by atoms with Gasteiger partial charge in [0, 0.05) is 45.2 Å². The van der Waals surface area contributed by atoms with E-state index < -0.39 is 9.84 Å². The Balaban J connectivity index is 1.52. The Morgan fingerprint density at radius 2 is 2.04 bits per heavy atom. The number of guanidine groups is 1. The molecule has 0 saturated heterocycles. The molecule has 28 heavy (non-hydrogen) atoms. The summed E-state index contributed by atoms with van der Waals surface area (Å²) in [7, 11) is -1.48. The lowest BCUT2D eigenvalue weighted by molar-refractivity contribution is 0.601. The molecule has 2 heterocycles. The Labute approximate surface area is 165 Å². The number of fused-ring (bicyclic) bond motifs is 1. The number of aliphatic imine (C=N–C) groups is 1. The minimum atomic E-state index is -3.20. The van der Waals surface area contributed by atoms with Crippen LogP contribution in [0.4, 0.5) is 0 Å². The Morgan fingerprint density at radius 3 is 2.71 bits per heavy atom. The topological polar surface area (TPSA) is 87.9 Å². The molecule has 0 amide bonds. The Bertz CT molecular complexity index is 1070. The zero-order valence-corrected chi connectivity index (χ0v) is 17.1. The largest absolute Gasteiger partial charge is 0.356 e. The first kappa shape index (κ1) is 19.9. The summed E-state index contributed by atoms with van der Waals surface area (Å²) in [6.07, 6.45) is 6.02. The molecule has 3 rings (SSSR count). The van der Waals surface area contributed by atoms with E-state index in [-0.39, 0.29) is 0 Å². The third kappa shape index (κ3) is 4.89. The molecule has 8 heteroatoms. The molecule has 0 spiro atoms. The maximum absolute atomic E-state index is 11.7. The molecule has 0 aliphatic carbocycles. The van der Waals surface area contributed by atoms with Crippen molar-refractivity contribution in [2.24, 2.45) is 4.99 Å². The van der Waals surface area contributed by atoms with E-state index in [0.29, 0.717) is 23.9 Å². The van der Waals surface area contributed by atoms with Crippen LogP contribution in [0.15, 0.2) is 58.7 Å². The van der Waals surface area contributed by atoms with Crippen molar-refractivity contribution < 1.29 is 8.42 Å². The minimum absolute atomic E-state index is 0.367. The highest BCUT2D eigenvalue weighted by Crippen LogP contribution is 2.16. The molecule has 3 aromatic rings. The maximum atomic E-state index is 11.7. The first-order valence-electron chi connectivity index (χ1n) is 9.03. The van der Waals surface area contributed by atoms with Crippen molar-refractivity contribution in [2.75, 3.05) is 19.8 Å². The summed E-state index contributed by atoms with van der Waals surface area (Å²) in [4.78, 5) is 9.18. The van der Waals surface area contributed by atoms with Gasteiger partial charge in [-0.15, -0.1) is 0 Å². The minimum Gasteiger partial charge on any atom is -0.356 e. The van der Waals surface area contributed by atoms with Crippen LogP contribution in [0.25, 0.3) is 5.65 Å². The van der Waals surface area contributed by atoms with Crippen molar-refractivity contribution in [2.45, 2.75) is 24.8 Å². The number of hydrogen-bond acceptors (Lipinski definition) is 4. The van der Waals surface area contributed by atoms with Crippen molar-refractivity contribution in [1.29, 1.82) is 0 Å².